The molecule has 1 fully saturated rings. The summed E-state index contributed by atoms with van der Waals surface area (Å²) in [6.45, 7) is 1.02. The van der Waals surface area contributed by atoms with Crippen LogP contribution in [0.15, 0.2) is 16.6 Å². The number of benzene rings is 1. The van der Waals surface area contributed by atoms with E-state index in [9.17, 15) is 5.11 Å². The SMILES string of the molecule is Oc1c([C@@H]2CCCCN2)ccc(Cl)c1Br. The van der Waals surface area contributed by atoms with Crippen LogP contribution in [0.2, 0.25) is 5.02 Å². The summed E-state index contributed by atoms with van der Waals surface area (Å²) in [4.78, 5) is 0. The topological polar surface area (TPSA) is 32.3 Å². The average molecular weight is 291 g/mol. The molecular weight excluding hydrogens is 277 g/mol. The van der Waals surface area contributed by atoms with Gasteiger partial charge in [-0.3, -0.25) is 0 Å². The van der Waals surface area contributed by atoms with Crippen LogP contribution in [0.3, 0.4) is 0 Å². The first kappa shape index (κ1) is 11.2. The predicted octanol–water partition coefficient (Wildman–Crippen LogP) is 3.62. The number of phenolic OH excluding ortho intramolecular Hbond substituents is 1. The Morgan fingerprint density at radius 2 is 2.20 bits per heavy atom. The molecule has 0 aliphatic carbocycles. The van der Waals surface area contributed by atoms with Crippen LogP contribution in [0.1, 0.15) is 30.9 Å². The van der Waals surface area contributed by atoms with Gasteiger partial charge >= 0.3 is 0 Å². The van der Waals surface area contributed by atoms with Gasteiger partial charge in [-0.2, -0.15) is 0 Å². The summed E-state index contributed by atoms with van der Waals surface area (Å²) in [5.74, 6) is 0.266. The molecule has 2 rings (SSSR count). The summed E-state index contributed by atoms with van der Waals surface area (Å²) in [6.07, 6.45) is 3.49. The van der Waals surface area contributed by atoms with E-state index in [1.54, 1.807) is 0 Å². The van der Waals surface area contributed by atoms with Gasteiger partial charge in [0.2, 0.25) is 0 Å². The molecule has 0 radical (unpaired) electrons. The molecule has 2 N–H and O–H groups in total. The van der Waals surface area contributed by atoms with E-state index >= 15 is 0 Å². The summed E-state index contributed by atoms with van der Waals surface area (Å²) in [6, 6.07) is 3.97. The van der Waals surface area contributed by atoms with Gasteiger partial charge < -0.3 is 10.4 Å². The van der Waals surface area contributed by atoms with Crippen molar-refractivity contribution >= 4 is 27.5 Å². The van der Waals surface area contributed by atoms with Gasteiger partial charge in [-0.1, -0.05) is 24.1 Å². The maximum atomic E-state index is 9.96. The Labute approximate surface area is 103 Å². The number of hydrogen-bond donors (Lipinski definition) is 2. The molecule has 1 aliphatic heterocycles. The smallest absolute Gasteiger partial charge is 0.136 e. The molecule has 0 unspecified atom stereocenters. The van der Waals surface area contributed by atoms with E-state index in [1.807, 2.05) is 12.1 Å². The van der Waals surface area contributed by atoms with E-state index in [2.05, 4.69) is 21.2 Å². The highest BCUT2D eigenvalue weighted by molar-refractivity contribution is 9.10. The van der Waals surface area contributed by atoms with Gasteiger partial charge in [-0.15, -0.1) is 0 Å². The van der Waals surface area contributed by atoms with Crippen LogP contribution in [0, 0.1) is 0 Å². The first-order valence-corrected chi connectivity index (χ1v) is 6.27. The second kappa shape index (κ2) is 4.73. The van der Waals surface area contributed by atoms with Crippen LogP contribution < -0.4 is 5.32 Å². The van der Waals surface area contributed by atoms with Crippen LogP contribution in [0.4, 0.5) is 0 Å². The number of phenols is 1. The Balaban J connectivity index is 2.31. The lowest BCUT2D eigenvalue weighted by Crippen LogP contribution is -2.26. The first-order valence-electron chi connectivity index (χ1n) is 5.10. The van der Waals surface area contributed by atoms with Gasteiger partial charge in [0.25, 0.3) is 0 Å². The molecule has 1 aromatic carbocycles. The van der Waals surface area contributed by atoms with Gasteiger partial charge in [-0.25, -0.2) is 0 Å². The fourth-order valence-electron chi connectivity index (χ4n) is 1.95. The molecule has 15 heavy (non-hydrogen) atoms. The Hall–Kier alpha value is -0.250. The minimum Gasteiger partial charge on any atom is -0.506 e. The molecule has 82 valence electrons. The number of piperidine rings is 1. The predicted molar refractivity (Wildman–Crippen MR) is 65.4 cm³/mol. The highest BCUT2D eigenvalue weighted by atomic mass is 79.9. The third-order valence-electron chi connectivity index (χ3n) is 2.79. The fraction of sp³-hybridized carbons (Fsp3) is 0.455. The largest absolute Gasteiger partial charge is 0.506 e. The molecule has 4 heteroatoms. The lowest BCUT2D eigenvalue weighted by molar-refractivity contribution is 0.390. The Morgan fingerprint density at radius 1 is 1.40 bits per heavy atom. The quantitative estimate of drug-likeness (QED) is 0.828. The molecule has 1 aliphatic rings. The van der Waals surface area contributed by atoms with Crippen molar-refractivity contribution in [2.45, 2.75) is 25.3 Å². The lowest BCUT2D eigenvalue weighted by atomic mass is 9.97. The van der Waals surface area contributed by atoms with Crippen LogP contribution in [0.5, 0.6) is 5.75 Å². The van der Waals surface area contributed by atoms with E-state index < -0.39 is 0 Å². The Bertz CT molecular complexity index is 364. The summed E-state index contributed by atoms with van der Waals surface area (Å²) >= 11 is 9.18. The van der Waals surface area contributed by atoms with Crippen molar-refractivity contribution in [1.82, 2.24) is 5.32 Å². The molecule has 1 aromatic rings. The molecule has 0 aromatic heterocycles. The van der Waals surface area contributed by atoms with Crippen molar-refractivity contribution < 1.29 is 5.11 Å². The molecule has 1 saturated heterocycles. The van der Waals surface area contributed by atoms with E-state index in [0.29, 0.717) is 9.50 Å². The van der Waals surface area contributed by atoms with Gasteiger partial charge in [0.15, 0.2) is 0 Å². The summed E-state index contributed by atoms with van der Waals surface area (Å²) in [7, 11) is 0. The first-order chi connectivity index (χ1) is 7.20. The number of hydrogen-bond acceptors (Lipinski definition) is 2. The molecule has 0 bridgehead atoms. The Kier molecular flexibility index (Phi) is 3.54. The normalized spacial score (nSPS) is 21.6. The lowest BCUT2D eigenvalue weighted by Gasteiger charge is -2.24. The Morgan fingerprint density at radius 3 is 2.87 bits per heavy atom. The maximum Gasteiger partial charge on any atom is 0.136 e. The monoisotopic (exact) mass is 289 g/mol. The molecule has 1 atom stereocenters. The molecule has 1 heterocycles. The second-order valence-corrected chi connectivity index (χ2v) is 5.00. The van der Waals surface area contributed by atoms with E-state index in [4.69, 9.17) is 11.6 Å². The molecular formula is C11H13BrClNO. The second-order valence-electron chi connectivity index (χ2n) is 3.80. The summed E-state index contributed by atoms with van der Waals surface area (Å²) in [5.41, 5.74) is 0.936. The third kappa shape index (κ3) is 2.30. The van der Waals surface area contributed by atoms with Gasteiger partial charge in [-0.05, 0) is 41.4 Å². The highest BCUT2D eigenvalue weighted by Gasteiger charge is 2.19. The molecule has 0 spiro atoms. The number of nitrogens with one attached hydrogen (secondary N) is 1. The molecule has 2 nitrogen and oxygen atoms in total. The number of halogens is 2. The van der Waals surface area contributed by atoms with Crippen molar-refractivity contribution in [1.29, 1.82) is 0 Å². The maximum absolute atomic E-state index is 9.96. The van der Waals surface area contributed by atoms with Crippen molar-refractivity contribution in [2.75, 3.05) is 6.54 Å². The molecule has 0 amide bonds. The van der Waals surface area contributed by atoms with E-state index in [0.717, 1.165) is 18.5 Å². The minimum atomic E-state index is 0.257. The van der Waals surface area contributed by atoms with Gasteiger partial charge in [0, 0.05) is 11.6 Å². The summed E-state index contributed by atoms with van der Waals surface area (Å²) < 4.78 is 0.592. The zero-order valence-corrected chi connectivity index (χ0v) is 10.6. The van der Waals surface area contributed by atoms with Crippen molar-refractivity contribution in [3.05, 3.63) is 27.2 Å². The van der Waals surface area contributed by atoms with E-state index in [-0.39, 0.29) is 11.8 Å². The van der Waals surface area contributed by atoms with Crippen LogP contribution in [0.25, 0.3) is 0 Å². The summed E-state index contributed by atoms with van der Waals surface area (Å²) in [5, 5.41) is 13.9. The van der Waals surface area contributed by atoms with Gasteiger partial charge in [0.05, 0.1) is 9.50 Å². The number of aromatic hydroxyl groups is 1. The standard InChI is InChI=1S/C11H13BrClNO/c12-10-8(13)5-4-7(11(10)15)9-3-1-2-6-14-9/h4-5,9,14-15H,1-3,6H2/t9-/m0/s1. The van der Waals surface area contributed by atoms with Crippen LogP contribution >= 0.6 is 27.5 Å². The third-order valence-corrected chi connectivity index (χ3v) is 4.13. The minimum absolute atomic E-state index is 0.257. The van der Waals surface area contributed by atoms with Crippen LogP contribution in [-0.4, -0.2) is 11.7 Å². The number of rotatable bonds is 1. The fourth-order valence-corrected chi connectivity index (χ4v) is 2.47. The molecule has 0 saturated carbocycles. The zero-order valence-electron chi connectivity index (χ0n) is 8.26. The van der Waals surface area contributed by atoms with Gasteiger partial charge in [0.1, 0.15) is 5.75 Å². The van der Waals surface area contributed by atoms with E-state index in [1.165, 1.54) is 12.8 Å². The van der Waals surface area contributed by atoms with Crippen LogP contribution in [-0.2, 0) is 0 Å². The highest BCUT2D eigenvalue weighted by Crippen LogP contribution is 2.39. The van der Waals surface area contributed by atoms with Crippen molar-refractivity contribution in [3.63, 3.8) is 0 Å². The average Bonchev–Trinajstić information content (AvgIpc) is 2.27. The van der Waals surface area contributed by atoms with Crippen molar-refractivity contribution in [3.8, 4) is 5.75 Å². The zero-order chi connectivity index (χ0) is 10.8. The van der Waals surface area contributed by atoms with Crippen molar-refractivity contribution in [2.24, 2.45) is 0 Å².